The SMILES string of the molecule is CC/C=C\C/C=C\C/C=C\C/C=C\C/C=C\CCCCCCCCCCCCCC(=O)OCC(O)COP(=O)(O)OCC(O)COP(=O)(O)OCC(COC(=O)CCCCCCC/C=C\C/C=C\C/C=C\CC)OC(=O)CCCCCCC/C=C\C/C=C\C/C=C\CC. The van der Waals surface area contributed by atoms with Crippen molar-refractivity contribution < 1.29 is 75.8 Å². The van der Waals surface area contributed by atoms with Crippen LogP contribution in [-0.4, -0.2) is 95.9 Å². The van der Waals surface area contributed by atoms with E-state index in [0.29, 0.717) is 19.3 Å². The Balaban J connectivity index is 4.54. The summed E-state index contributed by atoms with van der Waals surface area (Å²) in [6.07, 6.45) is 79.4. The van der Waals surface area contributed by atoms with Crippen LogP contribution in [0, 0.1) is 0 Å². The average Bonchev–Trinajstić information content (AvgIpc) is 3.71. The Morgan fingerprint density at radius 1 is 0.301 bits per heavy atom. The van der Waals surface area contributed by atoms with Crippen LogP contribution in [-0.2, 0) is 55.8 Å². The zero-order valence-corrected chi connectivity index (χ0v) is 59.4. The Bertz CT molecular complexity index is 2230. The largest absolute Gasteiger partial charge is 0.472 e. The molecule has 16 nitrogen and oxygen atoms in total. The van der Waals surface area contributed by atoms with E-state index in [-0.39, 0.29) is 19.3 Å². The van der Waals surface area contributed by atoms with Crippen molar-refractivity contribution in [2.24, 2.45) is 0 Å². The van der Waals surface area contributed by atoms with Gasteiger partial charge in [-0.2, -0.15) is 0 Å². The third kappa shape index (κ3) is 68.9. The highest BCUT2D eigenvalue weighted by atomic mass is 31.2. The summed E-state index contributed by atoms with van der Waals surface area (Å²) < 4.78 is 60.9. The molecule has 0 fully saturated rings. The van der Waals surface area contributed by atoms with Gasteiger partial charge in [-0.05, 0) is 128 Å². The zero-order valence-electron chi connectivity index (χ0n) is 57.6. The summed E-state index contributed by atoms with van der Waals surface area (Å²) in [4.78, 5) is 58.4. The number of hydrogen-bond acceptors (Lipinski definition) is 14. The number of rotatable bonds is 66. The topological polar surface area (TPSA) is 231 Å². The molecule has 5 atom stereocenters. The first-order valence-electron chi connectivity index (χ1n) is 35.5. The second-order valence-corrected chi connectivity index (χ2v) is 26.1. The maximum absolute atomic E-state index is 12.9. The Morgan fingerprint density at radius 2 is 0.538 bits per heavy atom. The van der Waals surface area contributed by atoms with Crippen molar-refractivity contribution in [3.05, 3.63) is 134 Å². The van der Waals surface area contributed by atoms with Gasteiger partial charge in [-0.3, -0.25) is 32.5 Å². The molecule has 0 aliphatic carbocycles. The smallest absolute Gasteiger partial charge is 0.463 e. The van der Waals surface area contributed by atoms with E-state index in [1.807, 2.05) is 0 Å². The van der Waals surface area contributed by atoms with Crippen LogP contribution in [0.5, 0.6) is 0 Å². The fourth-order valence-corrected chi connectivity index (χ4v) is 10.6. The number of aliphatic hydroxyl groups excluding tert-OH is 2. The third-order valence-electron chi connectivity index (χ3n) is 14.4. The number of esters is 3. The number of aliphatic hydroxyl groups is 2. The molecule has 0 rings (SSSR count). The summed E-state index contributed by atoms with van der Waals surface area (Å²) in [6.45, 7) is 2.28. The Hall–Kier alpha value is -4.31. The number of allylic oxidation sites excluding steroid dienone is 22. The standard InChI is InChI=1S/C75H126O16P2/c1-4-7-10-13-16-19-22-25-28-29-30-31-32-33-34-35-36-37-38-39-42-44-46-49-52-55-58-61-73(78)85-64-70(76)65-87-92(81,82)88-66-71(77)67-89-93(83,84)90-69-72(91-75(80)63-60-57-54-51-48-45-41-27-24-21-18-15-12-9-6-3)68-86-74(79)62-59-56-53-50-47-43-40-26-23-20-17-14-11-8-5-2/h7-12,16-21,25-28,30-31,33-34,40-41,70-72,76-77H,4-6,13-15,22-24,29,32,35-39,42-69H2,1-3H3,(H,81,82)(H,83,84)/b10-7-,11-8-,12-9-,19-16-,20-17-,21-18-,28-25-,31-30-,34-33-,40-26-,41-27-. The van der Waals surface area contributed by atoms with Crippen molar-refractivity contribution in [2.75, 3.05) is 39.6 Å². The summed E-state index contributed by atoms with van der Waals surface area (Å²) >= 11 is 0. The molecule has 0 bridgehead atoms. The summed E-state index contributed by atoms with van der Waals surface area (Å²) in [5, 5.41) is 20.6. The predicted octanol–water partition coefficient (Wildman–Crippen LogP) is 20.0. The average molecular weight is 1350 g/mol. The van der Waals surface area contributed by atoms with Gasteiger partial charge in [0.25, 0.3) is 0 Å². The summed E-state index contributed by atoms with van der Waals surface area (Å²) in [6, 6.07) is 0. The van der Waals surface area contributed by atoms with Crippen LogP contribution in [0.15, 0.2) is 134 Å². The molecular formula is C75H126O16P2. The van der Waals surface area contributed by atoms with Crippen molar-refractivity contribution in [2.45, 2.75) is 283 Å². The molecule has 0 aliphatic rings. The minimum absolute atomic E-state index is 0.0780. The van der Waals surface area contributed by atoms with Gasteiger partial charge >= 0.3 is 33.6 Å². The predicted molar refractivity (Wildman–Crippen MR) is 380 cm³/mol. The van der Waals surface area contributed by atoms with E-state index in [2.05, 4.69) is 154 Å². The van der Waals surface area contributed by atoms with Gasteiger partial charge in [-0.1, -0.05) is 251 Å². The van der Waals surface area contributed by atoms with Crippen LogP contribution in [0.1, 0.15) is 265 Å². The Kier molecular flexibility index (Phi) is 64.5. The van der Waals surface area contributed by atoms with Gasteiger partial charge in [0.05, 0.1) is 26.4 Å². The monoisotopic (exact) mass is 1340 g/mol. The van der Waals surface area contributed by atoms with E-state index in [9.17, 15) is 43.5 Å². The van der Waals surface area contributed by atoms with Crippen molar-refractivity contribution in [1.29, 1.82) is 0 Å². The van der Waals surface area contributed by atoms with Gasteiger partial charge in [0, 0.05) is 19.3 Å². The molecule has 93 heavy (non-hydrogen) atoms. The van der Waals surface area contributed by atoms with E-state index in [0.717, 1.165) is 161 Å². The van der Waals surface area contributed by atoms with Gasteiger partial charge < -0.3 is 34.2 Å². The van der Waals surface area contributed by atoms with Crippen molar-refractivity contribution in [3.8, 4) is 0 Å². The number of unbranched alkanes of at least 4 members (excludes halogenated alkanes) is 21. The zero-order chi connectivity index (χ0) is 68.1. The van der Waals surface area contributed by atoms with E-state index < -0.39 is 91.5 Å². The summed E-state index contributed by atoms with van der Waals surface area (Å²) in [5.41, 5.74) is 0. The number of ether oxygens (including phenoxy) is 3. The van der Waals surface area contributed by atoms with E-state index in [4.69, 9.17) is 32.3 Å². The second kappa shape index (κ2) is 67.7. The maximum atomic E-state index is 12.9. The molecule has 0 aliphatic heterocycles. The highest BCUT2D eigenvalue weighted by molar-refractivity contribution is 7.47. The molecule has 0 aromatic heterocycles. The Labute approximate surface area is 563 Å². The lowest BCUT2D eigenvalue weighted by Crippen LogP contribution is -2.30. The molecule has 4 N–H and O–H groups in total. The first-order valence-corrected chi connectivity index (χ1v) is 38.5. The third-order valence-corrected chi connectivity index (χ3v) is 16.3. The van der Waals surface area contributed by atoms with Gasteiger partial charge in [-0.25, -0.2) is 9.13 Å². The first kappa shape index (κ1) is 88.7. The quantitative estimate of drug-likeness (QED) is 0.0146. The highest BCUT2D eigenvalue weighted by Gasteiger charge is 2.29. The van der Waals surface area contributed by atoms with Crippen LogP contribution in [0.25, 0.3) is 0 Å². The molecule has 0 aromatic carbocycles. The van der Waals surface area contributed by atoms with E-state index in [1.54, 1.807) is 0 Å². The van der Waals surface area contributed by atoms with Crippen molar-refractivity contribution >= 4 is 33.6 Å². The molecule has 0 aromatic rings. The minimum Gasteiger partial charge on any atom is -0.463 e. The molecule has 532 valence electrons. The van der Waals surface area contributed by atoms with Gasteiger partial charge in [0.15, 0.2) is 6.10 Å². The highest BCUT2D eigenvalue weighted by Crippen LogP contribution is 2.45. The molecular weight excluding hydrogens is 1220 g/mol. The Morgan fingerprint density at radius 3 is 0.849 bits per heavy atom. The van der Waals surface area contributed by atoms with Gasteiger partial charge in [0.1, 0.15) is 25.4 Å². The lowest BCUT2D eigenvalue weighted by Gasteiger charge is -2.21. The number of phosphoric acid groups is 2. The maximum Gasteiger partial charge on any atom is 0.472 e. The van der Waals surface area contributed by atoms with Crippen LogP contribution >= 0.6 is 15.6 Å². The molecule has 0 spiro atoms. The molecule has 0 amide bonds. The summed E-state index contributed by atoms with van der Waals surface area (Å²) in [5.74, 6) is -1.62. The van der Waals surface area contributed by atoms with Crippen LogP contribution in [0.3, 0.4) is 0 Å². The molecule has 0 saturated carbocycles. The van der Waals surface area contributed by atoms with Crippen molar-refractivity contribution in [1.82, 2.24) is 0 Å². The van der Waals surface area contributed by atoms with Gasteiger partial charge in [0.2, 0.25) is 0 Å². The normalized spacial score (nSPS) is 15.0. The lowest BCUT2D eigenvalue weighted by atomic mass is 10.0. The second-order valence-electron chi connectivity index (χ2n) is 23.2. The molecule has 18 heteroatoms. The summed E-state index contributed by atoms with van der Waals surface area (Å²) in [7, 11) is -9.79. The van der Waals surface area contributed by atoms with Crippen LogP contribution in [0.2, 0.25) is 0 Å². The minimum atomic E-state index is -4.94. The molecule has 5 unspecified atom stereocenters. The molecule has 0 radical (unpaired) electrons. The molecule has 0 saturated heterocycles. The van der Waals surface area contributed by atoms with Crippen LogP contribution in [0.4, 0.5) is 0 Å². The fourth-order valence-electron chi connectivity index (χ4n) is 9.04. The number of hydrogen-bond donors (Lipinski definition) is 4. The van der Waals surface area contributed by atoms with E-state index >= 15 is 0 Å². The number of carbonyl (C=O) groups is 3. The lowest BCUT2D eigenvalue weighted by molar-refractivity contribution is -0.161. The molecule has 0 heterocycles. The number of phosphoric ester groups is 2. The van der Waals surface area contributed by atoms with E-state index in [1.165, 1.54) is 44.9 Å². The first-order chi connectivity index (χ1) is 45.2. The fraction of sp³-hybridized carbons (Fsp3) is 0.667. The van der Waals surface area contributed by atoms with Crippen LogP contribution < -0.4 is 0 Å². The number of carbonyl (C=O) groups excluding carboxylic acids is 3. The van der Waals surface area contributed by atoms with Gasteiger partial charge in [-0.15, -0.1) is 0 Å². The van der Waals surface area contributed by atoms with Crippen molar-refractivity contribution in [3.63, 3.8) is 0 Å².